The lowest BCUT2D eigenvalue weighted by atomic mass is 9.57. The van der Waals surface area contributed by atoms with E-state index >= 15 is 0 Å². The van der Waals surface area contributed by atoms with Crippen LogP contribution in [0.5, 0.6) is 11.5 Å². The molecule has 1 saturated heterocycles. The van der Waals surface area contributed by atoms with Gasteiger partial charge in [0, 0.05) is 17.7 Å². The first-order valence-electron chi connectivity index (χ1n) is 8.23. The molecule has 3 atom stereocenters. The zero-order chi connectivity index (χ0) is 15.8. The van der Waals surface area contributed by atoms with E-state index in [-0.39, 0.29) is 11.5 Å². The largest absolute Gasteiger partial charge is 0.497 e. The predicted octanol–water partition coefficient (Wildman–Crippen LogP) is 2.42. The standard InChI is InChI=1S/C19H21NO3/c1-20-7-6-19-13-4-5-15(22-3)18(19)23-16-10-12(21-2)8-11(17(16)19)9-14(13)20/h4-5,8,10,14,18H,6-7,9H2,1-3H3/t14-,18+,19+/m1/s1. The van der Waals surface area contributed by atoms with Gasteiger partial charge < -0.3 is 14.2 Å². The average molecular weight is 311 g/mol. The van der Waals surface area contributed by atoms with Crippen LogP contribution in [0.1, 0.15) is 17.5 Å². The molecule has 2 heterocycles. The van der Waals surface area contributed by atoms with E-state index in [4.69, 9.17) is 14.2 Å². The van der Waals surface area contributed by atoms with Crippen molar-refractivity contribution in [3.8, 4) is 11.5 Å². The highest BCUT2D eigenvalue weighted by Crippen LogP contribution is 2.61. The van der Waals surface area contributed by atoms with Crippen LogP contribution in [0.25, 0.3) is 0 Å². The molecule has 4 heteroatoms. The normalized spacial score (nSPS) is 33.3. The number of ether oxygens (including phenoxy) is 3. The van der Waals surface area contributed by atoms with Gasteiger partial charge in [-0.2, -0.15) is 0 Å². The minimum atomic E-state index is -0.0491. The number of hydrogen-bond acceptors (Lipinski definition) is 4. The number of hydrogen-bond donors (Lipinski definition) is 0. The Bertz CT molecular complexity index is 766. The first kappa shape index (κ1) is 13.5. The number of rotatable bonds is 2. The van der Waals surface area contributed by atoms with Gasteiger partial charge in [0.2, 0.25) is 0 Å². The molecule has 0 unspecified atom stereocenters. The topological polar surface area (TPSA) is 30.9 Å². The maximum absolute atomic E-state index is 6.43. The fraction of sp³-hybridized carbons (Fsp3) is 0.474. The van der Waals surface area contributed by atoms with E-state index in [0.717, 1.165) is 36.6 Å². The lowest BCUT2D eigenvalue weighted by molar-refractivity contribution is 0.0743. The molecule has 1 spiro atoms. The number of piperidine rings is 1. The van der Waals surface area contributed by atoms with Crippen molar-refractivity contribution in [2.75, 3.05) is 27.8 Å². The summed E-state index contributed by atoms with van der Waals surface area (Å²) in [6.45, 7) is 1.09. The van der Waals surface area contributed by atoms with Gasteiger partial charge >= 0.3 is 0 Å². The van der Waals surface area contributed by atoms with Crippen molar-refractivity contribution in [3.63, 3.8) is 0 Å². The van der Waals surface area contributed by atoms with Gasteiger partial charge in [-0.15, -0.1) is 0 Å². The number of likely N-dealkylation sites (tertiary alicyclic amines) is 1. The van der Waals surface area contributed by atoms with Crippen LogP contribution >= 0.6 is 0 Å². The fourth-order valence-corrected chi connectivity index (χ4v) is 5.09. The van der Waals surface area contributed by atoms with Gasteiger partial charge in [0.1, 0.15) is 17.3 Å². The third-order valence-electron chi connectivity index (χ3n) is 6.13. The summed E-state index contributed by atoms with van der Waals surface area (Å²) in [5.74, 6) is 2.79. The van der Waals surface area contributed by atoms with Crippen LogP contribution < -0.4 is 9.47 Å². The van der Waals surface area contributed by atoms with Crippen molar-refractivity contribution in [2.45, 2.75) is 30.4 Å². The highest BCUT2D eigenvalue weighted by molar-refractivity contribution is 5.65. The smallest absolute Gasteiger partial charge is 0.169 e. The Labute approximate surface area is 136 Å². The third-order valence-corrected chi connectivity index (χ3v) is 6.13. The Balaban J connectivity index is 1.82. The number of allylic oxidation sites excluding steroid dienone is 2. The molecule has 0 saturated carbocycles. The maximum Gasteiger partial charge on any atom is 0.169 e. The summed E-state index contributed by atoms with van der Waals surface area (Å²) < 4.78 is 17.6. The first-order valence-corrected chi connectivity index (χ1v) is 8.23. The molecule has 2 bridgehead atoms. The zero-order valence-electron chi connectivity index (χ0n) is 13.8. The first-order chi connectivity index (χ1) is 11.2. The zero-order valence-corrected chi connectivity index (χ0v) is 13.8. The molecule has 2 aliphatic carbocycles. The Morgan fingerprint density at radius 2 is 2.09 bits per heavy atom. The van der Waals surface area contributed by atoms with Crippen LogP contribution in [-0.2, 0) is 16.6 Å². The fourth-order valence-electron chi connectivity index (χ4n) is 5.09. The van der Waals surface area contributed by atoms with Gasteiger partial charge in [0.15, 0.2) is 6.10 Å². The SMILES string of the molecule is COC1=CC=C2[C@H]3Cc4cc(OC)cc5c4[C@@]2(CCN3C)[C@H]1O5. The van der Waals surface area contributed by atoms with Crippen LogP contribution in [0.2, 0.25) is 0 Å². The summed E-state index contributed by atoms with van der Waals surface area (Å²) in [5.41, 5.74) is 4.19. The van der Waals surface area contributed by atoms with E-state index in [9.17, 15) is 0 Å². The van der Waals surface area contributed by atoms with Crippen LogP contribution in [0, 0.1) is 0 Å². The second kappa shape index (κ2) is 4.32. The highest BCUT2D eigenvalue weighted by atomic mass is 16.5. The van der Waals surface area contributed by atoms with Crippen molar-refractivity contribution in [2.24, 2.45) is 0 Å². The van der Waals surface area contributed by atoms with Gasteiger partial charge in [-0.05, 0) is 49.7 Å². The summed E-state index contributed by atoms with van der Waals surface area (Å²) in [4.78, 5) is 2.47. The van der Waals surface area contributed by atoms with E-state index in [1.807, 2.05) is 6.07 Å². The van der Waals surface area contributed by atoms with Crippen molar-refractivity contribution >= 4 is 0 Å². The van der Waals surface area contributed by atoms with Gasteiger partial charge in [-0.1, -0.05) is 6.08 Å². The van der Waals surface area contributed by atoms with E-state index < -0.39 is 0 Å². The van der Waals surface area contributed by atoms with Crippen LogP contribution in [-0.4, -0.2) is 44.9 Å². The van der Waals surface area contributed by atoms with Gasteiger partial charge in [0.05, 0.1) is 19.6 Å². The number of nitrogens with zero attached hydrogens (tertiary/aromatic N) is 1. The Kier molecular flexibility index (Phi) is 2.54. The predicted molar refractivity (Wildman–Crippen MR) is 87.0 cm³/mol. The van der Waals surface area contributed by atoms with Crippen LogP contribution in [0.4, 0.5) is 0 Å². The average Bonchev–Trinajstić information content (AvgIpc) is 2.90. The Hall–Kier alpha value is -1.94. The highest BCUT2D eigenvalue weighted by Gasteiger charge is 2.61. The Morgan fingerprint density at radius 3 is 2.87 bits per heavy atom. The minimum absolute atomic E-state index is 0.0372. The summed E-state index contributed by atoms with van der Waals surface area (Å²) in [7, 11) is 5.69. The third kappa shape index (κ3) is 1.45. The van der Waals surface area contributed by atoms with Gasteiger partial charge in [-0.3, -0.25) is 4.90 Å². The molecular weight excluding hydrogens is 290 g/mol. The quantitative estimate of drug-likeness (QED) is 0.839. The molecule has 0 aromatic heterocycles. The summed E-state index contributed by atoms with van der Waals surface area (Å²) >= 11 is 0. The number of methoxy groups -OCH3 is 2. The van der Waals surface area contributed by atoms with Gasteiger partial charge in [-0.25, -0.2) is 0 Å². The molecule has 0 amide bonds. The molecule has 1 fully saturated rings. The van der Waals surface area contributed by atoms with Crippen molar-refractivity contribution in [1.82, 2.24) is 4.90 Å². The molecule has 5 rings (SSSR count). The number of benzene rings is 1. The Morgan fingerprint density at radius 1 is 1.22 bits per heavy atom. The molecule has 0 radical (unpaired) electrons. The number of likely N-dealkylation sites (N-methyl/N-ethyl adjacent to an activating group) is 1. The summed E-state index contributed by atoms with van der Waals surface area (Å²) in [5, 5.41) is 0. The molecule has 0 N–H and O–H groups in total. The summed E-state index contributed by atoms with van der Waals surface area (Å²) in [6.07, 6.45) is 6.43. The molecular formula is C19H21NO3. The molecule has 120 valence electrons. The van der Waals surface area contributed by atoms with Gasteiger partial charge in [0.25, 0.3) is 0 Å². The molecule has 23 heavy (non-hydrogen) atoms. The molecule has 2 aliphatic heterocycles. The van der Waals surface area contributed by atoms with Crippen LogP contribution in [0.3, 0.4) is 0 Å². The van der Waals surface area contributed by atoms with E-state index in [1.54, 1.807) is 14.2 Å². The van der Waals surface area contributed by atoms with E-state index in [0.29, 0.717) is 6.04 Å². The molecule has 1 aromatic carbocycles. The van der Waals surface area contributed by atoms with E-state index in [1.165, 1.54) is 16.7 Å². The summed E-state index contributed by atoms with van der Waals surface area (Å²) in [6, 6.07) is 4.67. The lowest BCUT2D eigenvalue weighted by Crippen LogP contribution is -2.58. The van der Waals surface area contributed by atoms with Crippen molar-refractivity contribution < 1.29 is 14.2 Å². The van der Waals surface area contributed by atoms with Crippen molar-refractivity contribution in [3.05, 3.63) is 46.7 Å². The maximum atomic E-state index is 6.43. The monoisotopic (exact) mass is 311 g/mol. The van der Waals surface area contributed by atoms with E-state index in [2.05, 4.69) is 30.2 Å². The molecule has 4 aliphatic rings. The second-order valence-electron chi connectivity index (χ2n) is 6.97. The second-order valence-corrected chi connectivity index (χ2v) is 6.97. The molecule has 1 aromatic rings. The van der Waals surface area contributed by atoms with Crippen LogP contribution in [0.15, 0.2) is 35.6 Å². The molecule has 4 nitrogen and oxygen atoms in total. The minimum Gasteiger partial charge on any atom is -0.497 e. The van der Waals surface area contributed by atoms with Crippen molar-refractivity contribution in [1.29, 1.82) is 0 Å². The lowest BCUT2D eigenvalue weighted by Gasteiger charge is -2.52.